The van der Waals surface area contributed by atoms with E-state index in [1.807, 2.05) is 55.5 Å². The first kappa shape index (κ1) is 14.8. The van der Waals surface area contributed by atoms with Gasteiger partial charge in [-0.15, -0.1) is 0 Å². The fourth-order valence-corrected chi connectivity index (χ4v) is 1.97. The molecule has 0 atom stereocenters. The SMILES string of the molecule is Cc1ccc(C#CCN)c(C(=O)NCc2ccccc2)c1. The quantitative estimate of drug-likeness (QED) is 0.846. The molecule has 0 saturated carbocycles. The van der Waals surface area contributed by atoms with E-state index in [1.54, 1.807) is 0 Å². The lowest BCUT2D eigenvalue weighted by molar-refractivity contribution is 0.0950. The molecule has 0 fully saturated rings. The highest BCUT2D eigenvalue weighted by Gasteiger charge is 2.10. The van der Waals surface area contributed by atoms with Crippen molar-refractivity contribution in [2.75, 3.05) is 6.54 Å². The van der Waals surface area contributed by atoms with E-state index in [-0.39, 0.29) is 12.5 Å². The van der Waals surface area contributed by atoms with Gasteiger partial charge in [-0.2, -0.15) is 0 Å². The molecule has 0 saturated heterocycles. The largest absolute Gasteiger partial charge is 0.348 e. The second-order valence-corrected chi connectivity index (χ2v) is 4.72. The highest BCUT2D eigenvalue weighted by atomic mass is 16.1. The van der Waals surface area contributed by atoms with Crippen molar-refractivity contribution in [2.24, 2.45) is 5.73 Å². The number of amides is 1. The van der Waals surface area contributed by atoms with Crippen molar-refractivity contribution >= 4 is 5.91 Å². The van der Waals surface area contributed by atoms with E-state index in [9.17, 15) is 4.79 Å². The van der Waals surface area contributed by atoms with E-state index in [0.717, 1.165) is 11.1 Å². The first-order valence-electron chi connectivity index (χ1n) is 6.82. The third kappa shape index (κ3) is 4.20. The van der Waals surface area contributed by atoms with Gasteiger partial charge in [-0.05, 0) is 24.6 Å². The van der Waals surface area contributed by atoms with Gasteiger partial charge >= 0.3 is 0 Å². The molecule has 106 valence electrons. The molecule has 2 aromatic rings. The fourth-order valence-electron chi connectivity index (χ4n) is 1.97. The lowest BCUT2D eigenvalue weighted by Gasteiger charge is -2.08. The van der Waals surface area contributed by atoms with Crippen molar-refractivity contribution in [3.63, 3.8) is 0 Å². The lowest BCUT2D eigenvalue weighted by Crippen LogP contribution is -2.23. The number of hydrogen-bond donors (Lipinski definition) is 2. The highest BCUT2D eigenvalue weighted by Crippen LogP contribution is 2.11. The molecule has 3 N–H and O–H groups in total. The molecule has 0 aliphatic carbocycles. The molecule has 0 bridgehead atoms. The summed E-state index contributed by atoms with van der Waals surface area (Å²) >= 11 is 0. The van der Waals surface area contributed by atoms with Crippen molar-refractivity contribution < 1.29 is 4.79 Å². The van der Waals surface area contributed by atoms with Gasteiger partial charge in [0.25, 0.3) is 5.91 Å². The molecular weight excluding hydrogens is 260 g/mol. The van der Waals surface area contributed by atoms with E-state index in [4.69, 9.17) is 5.73 Å². The lowest BCUT2D eigenvalue weighted by atomic mass is 10.0. The molecule has 0 aliphatic heterocycles. The van der Waals surface area contributed by atoms with Crippen LogP contribution in [0.25, 0.3) is 0 Å². The van der Waals surface area contributed by atoms with Gasteiger partial charge in [-0.25, -0.2) is 0 Å². The van der Waals surface area contributed by atoms with Gasteiger partial charge in [0, 0.05) is 12.1 Å². The van der Waals surface area contributed by atoms with Gasteiger partial charge in [0.1, 0.15) is 0 Å². The Balaban J connectivity index is 2.16. The average Bonchev–Trinajstić information content (AvgIpc) is 2.52. The summed E-state index contributed by atoms with van der Waals surface area (Å²) in [5.74, 6) is 5.61. The normalized spacial score (nSPS) is 9.62. The van der Waals surface area contributed by atoms with Crippen LogP contribution in [-0.4, -0.2) is 12.5 Å². The molecule has 2 rings (SSSR count). The Kier molecular flexibility index (Phi) is 5.14. The topological polar surface area (TPSA) is 55.1 Å². The second-order valence-electron chi connectivity index (χ2n) is 4.72. The fraction of sp³-hybridized carbons (Fsp3) is 0.167. The molecule has 0 aromatic heterocycles. The Bertz CT molecular complexity index is 681. The average molecular weight is 278 g/mol. The van der Waals surface area contributed by atoms with Crippen LogP contribution >= 0.6 is 0 Å². The van der Waals surface area contributed by atoms with Crippen LogP contribution in [0.3, 0.4) is 0 Å². The van der Waals surface area contributed by atoms with Gasteiger partial charge in [-0.3, -0.25) is 4.79 Å². The van der Waals surface area contributed by atoms with Crippen molar-refractivity contribution in [1.29, 1.82) is 0 Å². The second kappa shape index (κ2) is 7.28. The Morgan fingerprint density at radius 3 is 2.67 bits per heavy atom. The Morgan fingerprint density at radius 2 is 1.95 bits per heavy atom. The molecule has 0 radical (unpaired) electrons. The summed E-state index contributed by atoms with van der Waals surface area (Å²) in [6, 6.07) is 15.5. The number of carbonyl (C=O) groups excluding carboxylic acids is 1. The number of nitrogens with two attached hydrogens (primary N) is 1. The van der Waals surface area contributed by atoms with Gasteiger partial charge < -0.3 is 11.1 Å². The van der Waals surface area contributed by atoms with Crippen LogP contribution in [0.2, 0.25) is 0 Å². The molecule has 2 aromatic carbocycles. The number of hydrogen-bond acceptors (Lipinski definition) is 2. The molecule has 0 heterocycles. The number of benzene rings is 2. The van der Waals surface area contributed by atoms with Gasteiger partial charge in [0.05, 0.1) is 12.1 Å². The maximum atomic E-state index is 12.3. The van der Waals surface area contributed by atoms with E-state index >= 15 is 0 Å². The first-order valence-corrected chi connectivity index (χ1v) is 6.82. The van der Waals surface area contributed by atoms with Crippen molar-refractivity contribution in [2.45, 2.75) is 13.5 Å². The van der Waals surface area contributed by atoms with Crippen molar-refractivity contribution in [3.8, 4) is 11.8 Å². The van der Waals surface area contributed by atoms with Crippen molar-refractivity contribution in [3.05, 3.63) is 70.8 Å². The van der Waals surface area contributed by atoms with E-state index in [1.165, 1.54) is 0 Å². The molecule has 3 heteroatoms. The molecule has 1 amide bonds. The van der Waals surface area contributed by atoms with E-state index in [0.29, 0.717) is 17.7 Å². The summed E-state index contributed by atoms with van der Waals surface area (Å²) in [6.07, 6.45) is 0. The Hall–Kier alpha value is -2.57. The van der Waals surface area contributed by atoms with Crippen molar-refractivity contribution in [1.82, 2.24) is 5.32 Å². The number of carbonyl (C=O) groups is 1. The van der Waals surface area contributed by atoms with E-state index < -0.39 is 0 Å². The Morgan fingerprint density at radius 1 is 1.19 bits per heavy atom. The maximum Gasteiger partial charge on any atom is 0.252 e. The van der Waals surface area contributed by atoms with Crippen LogP contribution in [0.4, 0.5) is 0 Å². The highest BCUT2D eigenvalue weighted by molar-refractivity contribution is 5.96. The molecule has 21 heavy (non-hydrogen) atoms. The van der Waals surface area contributed by atoms with Crippen LogP contribution in [0.1, 0.15) is 27.0 Å². The zero-order chi connectivity index (χ0) is 15.1. The smallest absolute Gasteiger partial charge is 0.252 e. The van der Waals surface area contributed by atoms with Crippen LogP contribution < -0.4 is 11.1 Å². The monoisotopic (exact) mass is 278 g/mol. The van der Waals surface area contributed by atoms with Crippen LogP contribution in [0.15, 0.2) is 48.5 Å². The summed E-state index contributed by atoms with van der Waals surface area (Å²) in [6.45, 7) is 2.73. The summed E-state index contributed by atoms with van der Waals surface area (Å²) < 4.78 is 0. The number of nitrogens with one attached hydrogen (secondary N) is 1. The van der Waals surface area contributed by atoms with Crippen LogP contribution in [-0.2, 0) is 6.54 Å². The predicted molar refractivity (Wildman–Crippen MR) is 84.7 cm³/mol. The molecule has 0 spiro atoms. The minimum Gasteiger partial charge on any atom is -0.348 e. The predicted octanol–water partition coefficient (Wildman–Crippen LogP) is 2.24. The van der Waals surface area contributed by atoms with Crippen LogP contribution in [0, 0.1) is 18.8 Å². The third-order valence-electron chi connectivity index (χ3n) is 3.04. The molecule has 3 nitrogen and oxygen atoms in total. The molecule has 0 aliphatic rings. The zero-order valence-electron chi connectivity index (χ0n) is 12.0. The number of aryl methyl sites for hydroxylation is 1. The molecule has 0 unspecified atom stereocenters. The third-order valence-corrected chi connectivity index (χ3v) is 3.04. The van der Waals surface area contributed by atoms with Gasteiger partial charge in [0.15, 0.2) is 0 Å². The van der Waals surface area contributed by atoms with Crippen LogP contribution in [0.5, 0.6) is 0 Å². The van der Waals surface area contributed by atoms with E-state index in [2.05, 4.69) is 17.2 Å². The Labute approximate surface area is 125 Å². The summed E-state index contributed by atoms with van der Waals surface area (Å²) in [5.41, 5.74) is 8.78. The summed E-state index contributed by atoms with van der Waals surface area (Å²) in [7, 11) is 0. The summed E-state index contributed by atoms with van der Waals surface area (Å²) in [5, 5.41) is 2.92. The zero-order valence-corrected chi connectivity index (χ0v) is 12.0. The minimum absolute atomic E-state index is 0.121. The number of rotatable bonds is 3. The maximum absolute atomic E-state index is 12.3. The van der Waals surface area contributed by atoms with Gasteiger partial charge in [0.2, 0.25) is 0 Å². The first-order chi connectivity index (χ1) is 10.2. The minimum atomic E-state index is -0.121. The standard InChI is InChI=1S/C18H18N2O/c1-14-9-10-16(8-5-11-19)17(12-14)18(21)20-13-15-6-3-2-4-7-15/h2-4,6-7,9-10,12H,11,13,19H2,1H3,(H,20,21). The molecular formula is C18H18N2O. The van der Waals surface area contributed by atoms with Gasteiger partial charge in [-0.1, -0.05) is 53.8 Å². The summed E-state index contributed by atoms with van der Waals surface area (Å²) in [4.78, 5) is 12.3.